The SMILES string of the molecule is C=CC(=O)SCC1CSC(C(SC)c2ccc(C(SC)C3SCC(CSC(=O)C=C)S3)cc2)S1. The van der Waals surface area contributed by atoms with E-state index >= 15 is 0 Å². The summed E-state index contributed by atoms with van der Waals surface area (Å²) in [5.74, 6) is 3.94. The second-order valence-corrected chi connectivity index (χ2v) is 17.4. The molecule has 186 valence electrons. The van der Waals surface area contributed by atoms with E-state index in [2.05, 4.69) is 49.9 Å². The maximum Gasteiger partial charge on any atom is 0.211 e. The van der Waals surface area contributed by atoms with Gasteiger partial charge < -0.3 is 0 Å². The summed E-state index contributed by atoms with van der Waals surface area (Å²) in [7, 11) is 0. The normalized spacial score (nSPS) is 26.2. The molecule has 6 atom stereocenters. The lowest BCUT2D eigenvalue weighted by atomic mass is 10.1. The summed E-state index contributed by atoms with van der Waals surface area (Å²) in [5, 5.41) is 2.07. The number of hydrogen-bond donors (Lipinski definition) is 0. The standard InChI is InChI=1S/C24H30O2S8/c1-5-19(25)29-11-17-13-31-23(33-17)21(27-3)15-7-9-16(10-8-15)22(28-4)24-32-14-18(34-24)12-30-20(26)6-2/h5-10,17-18,21-24H,1-2,11-14H2,3-4H3. The first kappa shape index (κ1) is 29.4. The van der Waals surface area contributed by atoms with Crippen LogP contribution >= 0.6 is 94.1 Å². The van der Waals surface area contributed by atoms with Crippen molar-refractivity contribution in [1.29, 1.82) is 0 Å². The summed E-state index contributed by atoms with van der Waals surface area (Å²) in [4.78, 5) is 23.1. The fraction of sp³-hybridized carbons (Fsp3) is 0.500. The Morgan fingerprint density at radius 1 is 0.853 bits per heavy atom. The number of carbonyl (C=O) groups excluding carboxylic acids is 2. The van der Waals surface area contributed by atoms with E-state index in [1.165, 1.54) is 46.8 Å². The lowest BCUT2D eigenvalue weighted by molar-refractivity contribution is -0.107. The summed E-state index contributed by atoms with van der Waals surface area (Å²) in [6, 6.07) is 9.30. The van der Waals surface area contributed by atoms with Gasteiger partial charge in [-0.15, -0.1) is 47.0 Å². The first-order valence-electron chi connectivity index (χ1n) is 10.8. The fourth-order valence-corrected chi connectivity index (χ4v) is 15.8. The summed E-state index contributed by atoms with van der Waals surface area (Å²) in [6.07, 6.45) is 7.23. The molecule has 0 N–H and O–H groups in total. The summed E-state index contributed by atoms with van der Waals surface area (Å²) in [6.45, 7) is 7.14. The van der Waals surface area contributed by atoms with E-state index in [1.807, 2.05) is 70.6 Å². The second-order valence-electron chi connectivity index (χ2n) is 7.57. The molecule has 2 saturated heterocycles. The lowest BCUT2D eigenvalue weighted by Gasteiger charge is -2.24. The molecule has 0 aliphatic carbocycles. The van der Waals surface area contributed by atoms with Gasteiger partial charge in [-0.05, 0) is 35.8 Å². The Balaban J connectivity index is 1.57. The average molecular weight is 607 g/mol. The molecule has 2 aliphatic rings. The largest absolute Gasteiger partial charge is 0.282 e. The van der Waals surface area contributed by atoms with Gasteiger partial charge in [0.1, 0.15) is 0 Å². The third-order valence-electron chi connectivity index (χ3n) is 5.30. The van der Waals surface area contributed by atoms with Crippen LogP contribution in [0.1, 0.15) is 21.6 Å². The molecule has 6 unspecified atom stereocenters. The van der Waals surface area contributed by atoms with Gasteiger partial charge in [-0.2, -0.15) is 23.5 Å². The molecule has 0 aromatic heterocycles. The molecular formula is C24H30O2S8. The van der Waals surface area contributed by atoms with Crippen molar-refractivity contribution in [2.75, 3.05) is 35.5 Å². The number of thioether (sulfide) groups is 8. The molecule has 3 rings (SSSR count). The highest BCUT2D eigenvalue weighted by Gasteiger charge is 2.35. The maximum atomic E-state index is 11.6. The van der Waals surface area contributed by atoms with Crippen LogP contribution in [0.15, 0.2) is 49.6 Å². The predicted octanol–water partition coefficient (Wildman–Crippen LogP) is 7.74. The number of carbonyl (C=O) groups is 2. The Bertz CT molecular complexity index is 777. The molecule has 2 nitrogen and oxygen atoms in total. The van der Waals surface area contributed by atoms with Crippen LogP contribution in [-0.4, -0.2) is 65.4 Å². The molecule has 34 heavy (non-hydrogen) atoms. The molecule has 0 amide bonds. The van der Waals surface area contributed by atoms with Gasteiger partial charge in [-0.3, -0.25) is 9.59 Å². The molecule has 1 aromatic carbocycles. The van der Waals surface area contributed by atoms with Crippen LogP contribution in [0.5, 0.6) is 0 Å². The number of hydrogen-bond acceptors (Lipinski definition) is 10. The van der Waals surface area contributed by atoms with Crippen LogP contribution in [-0.2, 0) is 9.59 Å². The van der Waals surface area contributed by atoms with E-state index in [-0.39, 0.29) is 10.2 Å². The quantitative estimate of drug-likeness (QED) is 0.220. The first-order valence-corrected chi connectivity index (χ1v) is 19.3. The van der Waals surface area contributed by atoms with Crippen LogP contribution in [0.3, 0.4) is 0 Å². The number of rotatable bonds is 12. The van der Waals surface area contributed by atoms with Crippen molar-refractivity contribution in [2.45, 2.75) is 30.2 Å². The van der Waals surface area contributed by atoms with Gasteiger partial charge in [-0.25, -0.2) is 0 Å². The average Bonchev–Trinajstić information content (AvgIpc) is 3.53. The zero-order chi connectivity index (χ0) is 24.5. The predicted molar refractivity (Wildman–Crippen MR) is 170 cm³/mol. The maximum absolute atomic E-state index is 11.6. The monoisotopic (exact) mass is 606 g/mol. The highest BCUT2D eigenvalue weighted by molar-refractivity contribution is 8.23. The van der Waals surface area contributed by atoms with Crippen LogP contribution < -0.4 is 0 Å². The third-order valence-corrected chi connectivity index (χ3v) is 17.4. The van der Waals surface area contributed by atoms with Crippen LogP contribution in [0, 0.1) is 0 Å². The molecule has 0 bridgehead atoms. The first-order chi connectivity index (χ1) is 16.5. The van der Waals surface area contributed by atoms with Crippen molar-refractivity contribution in [1.82, 2.24) is 0 Å². The van der Waals surface area contributed by atoms with Gasteiger partial charge in [0.2, 0.25) is 10.2 Å². The van der Waals surface area contributed by atoms with E-state index in [1.54, 1.807) is 0 Å². The van der Waals surface area contributed by atoms with Gasteiger partial charge in [0.05, 0.1) is 19.7 Å². The van der Waals surface area contributed by atoms with Crippen molar-refractivity contribution in [3.63, 3.8) is 0 Å². The van der Waals surface area contributed by atoms with E-state index in [4.69, 9.17) is 0 Å². The van der Waals surface area contributed by atoms with E-state index in [0.717, 1.165) is 23.0 Å². The van der Waals surface area contributed by atoms with Crippen molar-refractivity contribution < 1.29 is 9.59 Å². The van der Waals surface area contributed by atoms with Gasteiger partial charge >= 0.3 is 0 Å². The molecule has 10 heteroatoms. The number of benzene rings is 1. The molecule has 0 saturated carbocycles. The van der Waals surface area contributed by atoms with Crippen molar-refractivity contribution in [3.05, 3.63) is 60.7 Å². The smallest absolute Gasteiger partial charge is 0.211 e. The van der Waals surface area contributed by atoms with Crippen LogP contribution in [0.25, 0.3) is 0 Å². The van der Waals surface area contributed by atoms with Crippen LogP contribution in [0.2, 0.25) is 0 Å². The molecule has 2 fully saturated rings. The highest BCUT2D eigenvalue weighted by Crippen LogP contribution is 2.52. The summed E-state index contributed by atoms with van der Waals surface area (Å²) >= 11 is 14.7. The molecule has 2 heterocycles. The zero-order valence-electron chi connectivity index (χ0n) is 19.3. The lowest BCUT2D eigenvalue weighted by Crippen LogP contribution is -2.10. The van der Waals surface area contributed by atoms with Gasteiger partial charge in [-0.1, -0.05) is 60.9 Å². The highest BCUT2D eigenvalue weighted by atomic mass is 32.2. The summed E-state index contributed by atoms with van der Waals surface area (Å²) in [5.41, 5.74) is 2.78. The molecule has 2 aliphatic heterocycles. The minimum atomic E-state index is 0.0725. The van der Waals surface area contributed by atoms with E-state index in [9.17, 15) is 9.59 Å². The van der Waals surface area contributed by atoms with Crippen molar-refractivity contribution >= 4 is 104 Å². The molecule has 1 aromatic rings. The van der Waals surface area contributed by atoms with Gasteiger partial charge in [0, 0.05) is 33.5 Å². The third kappa shape index (κ3) is 8.43. The Hall–Kier alpha value is 0.840. The molecule has 0 radical (unpaired) electrons. The van der Waals surface area contributed by atoms with Crippen LogP contribution in [0.4, 0.5) is 0 Å². The topological polar surface area (TPSA) is 34.1 Å². The molecule has 0 spiro atoms. The van der Waals surface area contributed by atoms with E-state index in [0.29, 0.717) is 30.2 Å². The molecular weight excluding hydrogens is 577 g/mol. The fourth-order valence-electron chi connectivity index (χ4n) is 3.59. The Morgan fingerprint density at radius 2 is 1.24 bits per heavy atom. The van der Waals surface area contributed by atoms with E-state index < -0.39 is 0 Å². The minimum absolute atomic E-state index is 0.0725. The minimum Gasteiger partial charge on any atom is -0.282 e. The Morgan fingerprint density at radius 3 is 1.56 bits per heavy atom. The van der Waals surface area contributed by atoms with Gasteiger partial charge in [0.15, 0.2) is 0 Å². The Kier molecular flexibility index (Phi) is 13.2. The van der Waals surface area contributed by atoms with Crippen molar-refractivity contribution in [2.24, 2.45) is 0 Å². The zero-order valence-corrected chi connectivity index (χ0v) is 25.8. The second kappa shape index (κ2) is 15.3. The summed E-state index contributed by atoms with van der Waals surface area (Å²) < 4.78 is 1.03. The Labute approximate surface area is 238 Å². The van der Waals surface area contributed by atoms with Crippen molar-refractivity contribution in [3.8, 4) is 0 Å². The van der Waals surface area contributed by atoms with Gasteiger partial charge in [0.25, 0.3) is 0 Å².